The molecule has 0 saturated heterocycles. The molecule has 0 radical (unpaired) electrons. The van der Waals surface area contributed by atoms with Crippen molar-refractivity contribution in [2.75, 3.05) is 19.0 Å². The Morgan fingerprint density at radius 1 is 1.17 bits per heavy atom. The number of benzene rings is 2. The minimum absolute atomic E-state index is 0.102. The van der Waals surface area contributed by atoms with Crippen molar-refractivity contribution in [3.05, 3.63) is 59.4 Å². The normalized spacial score (nSPS) is 10.1. The van der Waals surface area contributed by atoms with Gasteiger partial charge in [0.1, 0.15) is 0 Å². The number of carbonyl (C=O) groups is 2. The maximum Gasteiger partial charge on any atom is 0.310 e. The summed E-state index contributed by atoms with van der Waals surface area (Å²) >= 11 is 0. The van der Waals surface area contributed by atoms with Crippen molar-refractivity contribution in [3.63, 3.8) is 0 Å². The van der Waals surface area contributed by atoms with Gasteiger partial charge in [0.2, 0.25) is 0 Å². The Morgan fingerprint density at radius 3 is 2.62 bits per heavy atom. The fourth-order valence-electron chi connectivity index (χ4n) is 2.10. The van der Waals surface area contributed by atoms with Gasteiger partial charge in [-0.25, -0.2) is 4.39 Å². The van der Waals surface area contributed by atoms with Crippen molar-refractivity contribution in [3.8, 4) is 5.75 Å². The van der Waals surface area contributed by atoms with Crippen LogP contribution in [0.1, 0.15) is 11.1 Å². The Bertz CT molecular complexity index is 746. The highest BCUT2D eigenvalue weighted by Gasteiger charge is 2.11. The van der Waals surface area contributed by atoms with Crippen LogP contribution < -0.4 is 10.1 Å². The van der Waals surface area contributed by atoms with Crippen molar-refractivity contribution < 1.29 is 23.5 Å². The third-order valence-corrected chi connectivity index (χ3v) is 3.23. The Morgan fingerprint density at radius 2 is 1.96 bits per heavy atom. The summed E-state index contributed by atoms with van der Waals surface area (Å²) in [6.07, 6.45) is -0.126. The van der Waals surface area contributed by atoms with Gasteiger partial charge < -0.3 is 14.8 Å². The van der Waals surface area contributed by atoms with Crippen LogP contribution in [0.25, 0.3) is 0 Å². The van der Waals surface area contributed by atoms with E-state index in [-0.39, 0.29) is 12.2 Å². The fraction of sp³-hybridized carbons (Fsp3) is 0.222. The molecule has 0 atom stereocenters. The zero-order chi connectivity index (χ0) is 17.5. The van der Waals surface area contributed by atoms with Crippen LogP contribution in [0.2, 0.25) is 0 Å². The molecule has 2 aromatic rings. The van der Waals surface area contributed by atoms with Crippen LogP contribution in [0.4, 0.5) is 10.1 Å². The summed E-state index contributed by atoms with van der Waals surface area (Å²) in [6.45, 7) is 1.51. The van der Waals surface area contributed by atoms with Gasteiger partial charge in [-0.15, -0.1) is 0 Å². The SMILES string of the molecule is COc1ccc(CC(=O)OCC(=O)Nc2cccc(C)c2)cc1F. The van der Waals surface area contributed by atoms with Crippen LogP contribution >= 0.6 is 0 Å². The summed E-state index contributed by atoms with van der Waals surface area (Å²) in [5, 5.41) is 2.63. The number of hydrogen-bond acceptors (Lipinski definition) is 4. The Hall–Kier alpha value is -2.89. The molecule has 126 valence electrons. The number of ether oxygens (including phenoxy) is 2. The fourth-order valence-corrected chi connectivity index (χ4v) is 2.10. The van der Waals surface area contributed by atoms with Crippen LogP contribution in [0.15, 0.2) is 42.5 Å². The number of hydrogen-bond donors (Lipinski definition) is 1. The second-order valence-corrected chi connectivity index (χ2v) is 5.22. The van der Waals surface area contributed by atoms with Crippen LogP contribution in [0, 0.1) is 12.7 Å². The summed E-state index contributed by atoms with van der Waals surface area (Å²) in [5.41, 5.74) is 2.08. The van der Waals surface area contributed by atoms with Crippen LogP contribution in [0.3, 0.4) is 0 Å². The van der Waals surface area contributed by atoms with E-state index in [0.29, 0.717) is 11.3 Å². The molecule has 0 bridgehead atoms. The van der Waals surface area contributed by atoms with Crippen molar-refractivity contribution >= 4 is 17.6 Å². The van der Waals surface area contributed by atoms with Gasteiger partial charge in [-0.05, 0) is 42.3 Å². The number of nitrogens with one attached hydrogen (secondary N) is 1. The maximum atomic E-state index is 13.5. The first-order valence-electron chi connectivity index (χ1n) is 7.32. The Balaban J connectivity index is 1.82. The zero-order valence-electron chi connectivity index (χ0n) is 13.5. The van der Waals surface area contributed by atoms with Crippen LogP contribution in [-0.4, -0.2) is 25.6 Å². The molecule has 0 unspecified atom stereocenters. The maximum absolute atomic E-state index is 13.5. The first kappa shape index (κ1) is 17.5. The van der Waals surface area contributed by atoms with E-state index in [1.54, 1.807) is 18.2 Å². The molecule has 0 aliphatic carbocycles. The van der Waals surface area contributed by atoms with Gasteiger partial charge in [0.05, 0.1) is 13.5 Å². The standard InChI is InChI=1S/C18H18FNO4/c1-12-4-3-5-14(8-12)20-17(21)11-24-18(22)10-13-6-7-16(23-2)15(19)9-13/h3-9H,10-11H2,1-2H3,(H,20,21). The lowest BCUT2D eigenvalue weighted by Crippen LogP contribution is -2.21. The number of methoxy groups -OCH3 is 1. The van der Waals surface area contributed by atoms with E-state index >= 15 is 0 Å². The quantitative estimate of drug-likeness (QED) is 0.827. The average molecular weight is 331 g/mol. The highest BCUT2D eigenvalue weighted by Crippen LogP contribution is 2.18. The minimum Gasteiger partial charge on any atom is -0.494 e. The van der Waals surface area contributed by atoms with Gasteiger partial charge in [-0.2, -0.15) is 0 Å². The van der Waals surface area contributed by atoms with E-state index in [0.717, 1.165) is 5.56 Å². The molecular weight excluding hydrogens is 313 g/mol. The van der Waals surface area contributed by atoms with Crippen molar-refractivity contribution in [2.24, 2.45) is 0 Å². The molecule has 0 heterocycles. The first-order chi connectivity index (χ1) is 11.5. The molecule has 5 nitrogen and oxygen atoms in total. The largest absolute Gasteiger partial charge is 0.494 e. The van der Waals surface area contributed by atoms with Crippen molar-refractivity contribution in [1.82, 2.24) is 0 Å². The van der Waals surface area contributed by atoms with Gasteiger partial charge >= 0.3 is 5.97 Å². The lowest BCUT2D eigenvalue weighted by atomic mass is 10.1. The summed E-state index contributed by atoms with van der Waals surface area (Å²) in [5.74, 6) is -1.50. The second kappa shape index (κ2) is 8.10. The van der Waals surface area contributed by atoms with E-state index in [9.17, 15) is 14.0 Å². The lowest BCUT2D eigenvalue weighted by molar-refractivity contribution is -0.146. The molecule has 0 spiro atoms. The summed E-state index contributed by atoms with van der Waals surface area (Å²) in [7, 11) is 1.36. The topological polar surface area (TPSA) is 64.6 Å². The van der Waals surface area contributed by atoms with Gasteiger partial charge in [-0.1, -0.05) is 18.2 Å². The number of amides is 1. The minimum atomic E-state index is -0.612. The highest BCUT2D eigenvalue weighted by atomic mass is 19.1. The van der Waals surface area contributed by atoms with Gasteiger partial charge in [0.25, 0.3) is 5.91 Å². The molecule has 0 fully saturated rings. The molecule has 2 rings (SSSR count). The van der Waals surface area contributed by atoms with Crippen LogP contribution in [0.5, 0.6) is 5.75 Å². The Labute approximate surface area is 139 Å². The number of anilines is 1. The molecule has 0 aromatic heterocycles. The molecular formula is C18H18FNO4. The number of aryl methyl sites for hydroxylation is 1. The van der Waals surface area contributed by atoms with Gasteiger partial charge in [-0.3, -0.25) is 9.59 Å². The van der Waals surface area contributed by atoms with Crippen molar-refractivity contribution in [1.29, 1.82) is 0 Å². The highest BCUT2D eigenvalue weighted by molar-refractivity contribution is 5.92. The van der Waals surface area contributed by atoms with E-state index in [1.165, 1.54) is 19.2 Å². The monoisotopic (exact) mass is 331 g/mol. The summed E-state index contributed by atoms with van der Waals surface area (Å²) in [4.78, 5) is 23.5. The molecule has 1 N–H and O–H groups in total. The predicted octanol–water partition coefficient (Wildman–Crippen LogP) is 2.87. The van der Waals surface area contributed by atoms with Gasteiger partial charge in [0.15, 0.2) is 18.2 Å². The Kier molecular flexibility index (Phi) is 5.89. The number of esters is 1. The summed E-state index contributed by atoms with van der Waals surface area (Å²) < 4.78 is 23.3. The second-order valence-electron chi connectivity index (χ2n) is 5.22. The van der Waals surface area contributed by atoms with E-state index in [2.05, 4.69) is 5.32 Å². The molecule has 0 saturated carbocycles. The molecule has 24 heavy (non-hydrogen) atoms. The first-order valence-corrected chi connectivity index (χ1v) is 7.32. The molecule has 0 aliphatic heterocycles. The van der Waals surface area contributed by atoms with Crippen molar-refractivity contribution in [2.45, 2.75) is 13.3 Å². The third-order valence-electron chi connectivity index (χ3n) is 3.23. The third kappa shape index (κ3) is 5.08. The molecule has 0 aliphatic rings. The van der Waals surface area contributed by atoms with Crippen LogP contribution in [-0.2, 0) is 20.7 Å². The lowest BCUT2D eigenvalue weighted by Gasteiger charge is -2.08. The molecule has 6 heteroatoms. The average Bonchev–Trinajstić information content (AvgIpc) is 2.53. The van der Waals surface area contributed by atoms with E-state index in [1.807, 2.05) is 19.1 Å². The number of halogens is 1. The zero-order valence-corrected chi connectivity index (χ0v) is 13.5. The van der Waals surface area contributed by atoms with Gasteiger partial charge in [0, 0.05) is 5.69 Å². The predicted molar refractivity (Wildman–Crippen MR) is 87.4 cm³/mol. The molecule has 1 amide bonds. The molecule has 2 aromatic carbocycles. The van der Waals surface area contributed by atoms with E-state index in [4.69, 9.17) is 9.47 Å². The van der Waals surface area contributed by atoms with E-state index < -0.39 is 24.3 Å². The summed E-state index contributed by atoms with van der Waals surface area (Å²) in [6, 6.07) is 11.5. The smallest absolute Gasteiger partial charge is 0.310 e. The number of carbonyl (C=O) groups excluding carboxylic acids is 2. The number of rotatable bonds is 6.